The van der Waals surface area contributed by atoms with Gasteiger partial charge < -0.3 is 18.2 Å². The van der Waals surface area contributed by atoms with Crippen LogP contribution < -0.4 is 0 Å². The summed E-state index contributed by atoms with van der Waals surface area (Å²) >= 11 is 0. The van der Waals surface area contributed by atoms with Crippen LogP contribution in [0, 0.1) is 41.7 Å². The molecule has 0 saturated heterocycles. The maximum Gasteiger partial charge on any atom is 4.00 e. The summed E-state index contributed by atoms with van der Waals surface area (Å²) in [6.45, 7) is 0. The fraction of sp³-hybridized carbons (Fsp3) is 0. The number of hydrogen-bond donors (Lipinski definition) is 4. The summed E-state index contributed by atoms with van der Waals surface area (Å²) in [6.07, 6.45) is 0. The molecule has 21 heteroatoms. The Morgan fingerprint density at radius 2 is 0.476 bits per heavy atom. The molecule has 0 rings (SSSR count). The van der Waals surface area contributed by atoms with Gasteiger partial charge in [0.15, 0.2) is 0 Å². The Balaban J connectivity index is -0.0000000533. The second-order valence-electron chi connectivity index (χ2n) is 1.71. The number of rotatable bonds is 0. The van der Waals surface area contributed by atoms with Gasteiger partial charge in [-0.15, -0.1) is 0 Å². The van der Waals surface area contributed by atoms with Gasteiger partial charge in [0.05, 0.1) is 0 Å². The Morgan fingerprint density at radius 1 is 0.476 bits per heavy atom. The van der Waals surface area contributed by atoms with E-state index in [4.69, 9.17) is 70.1 Å². The van der Waals surface area contributed by atoms with Gasteiger partial charge in [-0.2, -0.15) is 16.8 Å². The van der Waals surface area contributed by atoms with Crippen molar-refractivity contribution in [3.63, 3.8) is 0 Å². The van der Waals surface area contributed by atoms with Crippen molar-refractivity contribution in [1.82, 2.24) is 0 Å². The standard InChI is InChI=1S/Ce.4H2O4S/c;4*1-5(2,3)4/h;4*(H2,1,2,3,4)/q+4;;;;/p-4. The molecule has 0 aromatic heterocycles. The summed E-state index contributed by atoms with van der Waals surface area (Å²) in [7, 11) is -19.7. The molecule has 0 amide bonds. The summed E-state index contributed by atoms with van der Waals surface area (Å²) < 4.78 is 131. The van der Waals surface area contributed by atoms with Crippen molar-refractivity contribution < 1.29 is 112 Å². The van der Waals surface area contributed by atoms with Gasteiger partial charge >= 0.3 is 62.5 Å². The van der Waals surface area contributed by atoms with Crippen LogP contribution in [-0.4, -0.2) is 70.1 Å². The molecule has 0 saturated carbocycles. The van der Waals surface area contributed by atoms with Crippen molar-refractivity contribution in [3.8, 4) is 0 Å². The van der Waals surface area contributed by atoms with E-state index in [0.717, 1.165) is 0 Å². The first-order valence-corrected chi connectivity index (χ1v) is 8.19. The Hall–Kier alpha value is 0.857. The largest absolute Gasteiger partial charge is 4.00 e. The molecule has 0 bridgehead atoms. The molecule has 0 radical (unpaired) electrons. The van der Waals surface area contributed by atoms with Crippen molar-refractivity contribution in [3.05, 3.63) is 0 Å². The molecular formula is H4CeO16S4. The zero-order valence-corrected chi connectivity index (χ0v) is 15.2. The number of hydrogen-bond acceptors (Lipinski definition) is 12. The minimum Gasteiger partial charge on any atom is -0.759 e. The average Bonchev–Trinajstić information content (AvgIpc) is 1.62. The van der Waals surface area contributed by atoms with Crippen LogP contribution in [0.1, 0.15) is 0 Å². The van der Waals surface area contributed by atoms with Crippen molar-refractivity contribution in [2.24, 2.45) is 0 Å². The predicted molar refractivity (Wildman–Crippen MR) is 49.3 cm³/mol. The minimum absolute atomic E-state index is 0. The molecule has 0 unspecified atom stereocenters. The Bertz CT molecular complexity index is 473. The maximum absolute atomic E-state index is 8.74. The van der Waals surface area contributed by atoms with E-state index >= 15 is 0 Å². The van der Waals surface area contributed by atoms with E-state index in [1.807, 2.05) is 0 Å². The summed E-state index contributed by atoms with van der Waals surface area (Å²) in [4.78, 5) is 0. The van der Waals surface area contributed by atoms with Gasteiger partial charge in [-0.25, -0.2) is 0 Å². The maximum atomic E-state index is 8.74. The van der Waals surface area contributed by atoms with E-state index in [2.05, 4.69) is 0 Å². The van der Waals surface area contributed by atoms with E-state index in [0.29, 0.717) is 0 Å². The molecule has 0 fully saturated rings. The first-order valence-electron chi connectivity index (χ1n) is 2.73. The molecule has 0 aliphatic rings. The van der Waals surface area contributed by atoms with Crippen molar-refractivity contribution >= 4 is 41.6 Å². The van der Waals surface area contributed by atoms with E-state index in [1.54, 1.807) is 0 Å². The minimum atomic E-state index is -5.17. The fourth-order valence-corrected chi connectivity index (χ4v) is 0. The molecule has 21 heavy (non-hydrogen) atoms. The van der Waals surface area contributed by atoms with Crippen LogP contribution in [-0.2, 0) is 41.6 Å². The normalized spacial score (nSPS) is 11.0. The first-order chi connectivity index (χ1) is 8.00. The third-order valence-electron chi connectivity index (χ3n) is 0. The van der Waals surface area contributed by atoms with Crippen molar-refractivity contribution in [1.29, 1.82) is 0 Å². The van der Waals surface area contributed by atoms with Crippen LogP contribution in [0.4, 0.5) is 0 Å². The molecule has 0 aromatic rings. The SMILES string of the molecule is O=S(=O)(O)O.O=S(=O)(O)O.O=S(=O)([O-])[O-].O=S(=O)([O-])[O-].[Ce+4]. The van der Waals surface area contributed by atoms with Crippen LogP contribution in [0.5, 0.6) is 0 Å². The van der Waals surface area contributed by atoms with Crippen LogP contribution in [0.15, 0.2) is 0 Å². The van der Waals surface area contributed by atoms with E-state index in [-0.39, 0.29) is 41.7 Å². The van der Waals surface area contributed by atoms with Gasteiger partial charge in [-0.05, 0) is 0 Å². The van der Waals surface area contributed by atoms with Gasteiger partial charge in [0.1, 0.15) is 0 Å². The summed E-state index contributed by atoms with van der Waals surface area (Å²) in [6, 6.07) is 0. The first kappa shape index (κ1) is 33.5. The second kappa shape index (κ2) is 13.3. The second-order valence-corrected chi connectivity index (χ2v) is 5.14. The van der Waals surface area contributed by atoms with Crippen LogP contribution in [0.25, 0.3) is 0 Å². The predicted octanol–water partition coefficient (Wildman–Crippen LogP) is -3.98. The molecule has 0 spiro atoms. The molecule has 0 aromatic carbocycles. The Labute approximate surface area is 152 Å². The third-order valence-corrected chi connectivity index (χ3v) is 0. The zero-order chi connectivity index (χ0) is 18.0. The Morgan fingerprint density at radius 3 is 0.476 bits per heavy atom. The molecule has 0 aliphatic heterocycles. The quantitative estimate of drug-likeness (QED) is 0.172. The van der Waals surface area contributed by atoms with Crippen molar-refractivity contribution in [2.45, 2.75) is 0 Å². The molecular weight excluding hydrogens is 524 g/mol. The molecule has 0 atom stereocenters. The molecule has 4 N–H and O–H groups in total. The summed E-state index contributed by atoms with van der Waals surface area (Å²) in [5.74, 6) is 0. The smallest absolute Gasteiger partial charge is 0.759 e. The van der Waals surface area contributed by atoms with Gasteiger partial charge in [0.2, 0.25) is 0 Å². The fourth-order valence-electron chi connectivity index (χ4n) is 0. The Kier molecular flexibility index (Phi) is 21.2. The molecule has 0 aliphatic carbocycles. The zero-order valence-electron chi connectivity index (χ0n) is 8.82. The van der Waals surface area contributed by atoms with Crippen LogP contribution in [0.3, 0.4) is 0 Å². The third kappa shape index (κ3) is 10100. The van der Waals surface area contributed by atoms with Crippen LogP contribution >= 0.6 is 0 Å². The van der Waals surface area contributed by atoms with E-state index in [9.17, 15) is 0 Å². The van der Waals surface area contributed by atoms with Gasteiger partial charge in [-0.1, -0.05) is 0 Å². The molecule has 0 heterocycles. The van der Waals surface area contributed by atoms with E-state index in [1.165, 1.54) is 0 Å². The van der Waals surface area contributed by atoms with Crippen LogP contribution in [0.2, 0.25) is 0 Å². The van der Waals surface area contributed by atoms with Gasteiger partial charge in [-0.3, -0.25) is 35.0 Å². The molecule has 16 nitrogen and oxygen atoms in total. The van der Waals surface area contributed by atoms with Crippen molar-refractivity contribution in [2.75, 3.05) is 0 Å². The average molecular weight is 528 g/mol. The molecule has 128 valence electrons. The summed E-state index contributed by atoms with van der Waals surface area (Å²) in [5.41, 5.74) is 0. The van der Waals surface area contributed by atoms with E-state index < -0.39 is 41.6 Å². The van der Waals surface area contributed by atoms with Gasteiger partial charge in [0, 0.05) is 20.8 Å². The topological polar surface area (TPSA) is 310 Å². The van der Waals surface area contributed by atoms with Gasteiger partial charge in [0.25, 0.3) is 0 Å². The monoisotopic (exact) mass is 528 g/mol. The summed E-state index contributed by atoms with van der Waals surface area (Å²) in [5, 5.41) is 0.